The smallest absolute Gasteiger partial charge is 0.253 e. The normalized spacial score (nSPS) is 14.1. The lowest BCUT2D eigenvalue weighted by Crippen LogP contribution is -2.30. The number of rotatable bonds is 5. The number of amides is 1. The summed E-state index contributed by atoms with van der Waals surface area (Å²) in [5.74, 6) is 0.0728. The van der Waals surface area contributed by atoms with E-state index in [1.54, 1.807) is 26.0 Å². The van der Waals surface area contributed by atoms with Gasteiger partial charge in [-0.3, -0.25) is 4.79 Å². The molecule has 0 fully saturated rings. The number of halogens is 1. The van der Waals surface area contributed by atoms with Crippen molar-refractivity contribution >= 4 is 17.5 Å². The first-order valence-electron chi connectivity index (χ1n) is 5.99. The summed E-state index contributed by atoms with van der Waals surface area (Å²) >= 11 is 5.74. The van der Waals surface area contributed by atoms with Crippen LogP contribution in [0.25, 0.3) is 0 Å². The van der Waals surface area contributed by atoms with Gasteiger partial charge in [0.25, 0.3) is 5.91 Å². The van der Waals surface area contributed by atoms with Gasteiger partial charge in [-0.2, -0.15) is 0 Å². The van der Waals surface area contributed by atoms with Crippen molar-refractivity contribution in [3.63, 3.8) is 0 Å². The van der Waals surface area contributed by atoms with Gasteiger partial charge in [0, 0.05) is 6.54 Å². The highest BCUT2D eigenvalue weighted by Gasteiger charge is 2.12. The van der Waals surface area contributed by atoms with Gasteiger partial charge in [-0.15, -0.1) is 0 Å². The molecule has 1 heterocycles. The van der Waals surface area contributed by atoms with Gasteiger partial charge >= 0.3 is 0 Å². The predicted octanol–water partition coefficient (Wildman–Crippen LogP) is 2.18. The monoisotopic (exact) mass is 270 g/mol. The Morgan fingerprint density at radius 2 is 2.17 bits per heavy atom. The van der Waals surface area contributed by atoms with Gasteiger partial charge < -0.3 is 10.4 Å². The molecule has 1 rings (SSSR count). The standard InChI is InChI=1S/C13H19ClN2O2/c1-8(6-9(2)17)7-15-13(18)11-4-5-12(14)16-10(11)3/h4-5,8-9,17H,6-7H2,1-3H3,(H,15,18). The molecule has 0 bridgehead atoms. The Bertz CT molecular complexity index is 421. The first-order valence-corrected chi connectivity index (χ1v) is 6.37. The molecule has 1 amide bonds. The van der Waals surface area contributed by atoms with Gasteiger partial charge in [-0.05, 0) is 38.3 Å². The molecule has 0 aromatic carbocycles. The van der Waals surface area contributed by atoms with Crippen LogP contribution in [0, 0.1) is 12.8 Å². The summed E-state index contributed by atoms with van der Waals surface area (Å²) in [6.45, 7) is 6.01. The summed E-state index contributed by atoms with van der Waals surface area (Å²) in [4.78, 5) is 15.9. The Balaban J connectivity index is 2.55. The number of aliphatic hydroxyl groups is 1. The highest BCUT2D eigenvalue weighted by Crippen LogP contribution is 2.11. The Hall–Kier alpha value is -1.13. The van der Waals surface area contributed by atoms with E-state index >= 15 is 0 Å². The number of pyridine rings is 1. The predicted molar refractivity (Wildman–Crippen MR) is 71.8 cm³/mol. The maximum absolute atomic E-state index is 11.9. The van der Waals surface area contributed by atoms with E-state index in [2.05, 4.69) is 10.3 Å². The van der Waals surface area contributed by atoms with E-state index in [1.165, 1.54) is 0 Å². The number of aryl methyl sites for hydroxylation is 1. The molecule has 0 aliphatic heterocycles. The Kier molecular flexibility index (Phi) is 5.56. The molecule has 0 aliphatic carbocycles. The molecular weight excluding hydrogens is 252 g/mol. The molecule has 2 atom stereocenters. The lowest BCUT2D eigenvalue weighted by atomic mass is 10.0. The third-order valence-corrected chi connectivity index (χ3v) is 2.86. The zero-order valence-electron chi connectivity index (χ0n) is 10.9. The van der Waals surface area contributed by atoms with Crippen molar-refractivity contribution in [2.75, 3.05) is 6.54 Å². The summed E-state index contributed by atoms with van der Waals surface area (Å²) < 4.78 is 0. The molecule has 18 heavy (non-hydrogen) atoms. The third-order valence-electron chi connectivity index (χ3n) is 2.65. The molecule has 2 N–H and O–H groups in total. The van der Waals surface area contributed by atoms with E-state index in [9.17, 15) is 9.90 Å². The summed E-state index contributed by atoms with van der Waals surface area (Å²) in [5, 5.41) is 12.5. The molecule has 2 unspecified atom stereocenters. The second kappa shape index (κ2) is 6.71. The van der Waals surface area contributed by atoms with Crippen molar-refractivity contribution in [1.29, 1.82) is 0 Å². The summed E-state index contributed by atoms with van der Waals surface area (Å²) in [6, 6.07) is 3.27. The molecule has 0 spiro atoms. The Labute approximate surface area is 112 Å². The van der Waals surface area contributed by atoms with Crippen LogP contribution < -0.4 is 5.32 Å². The van der Waals surface area contributed by atoms with Gasteiger partial charge in [-0.1, -0.05) is 18.5 Å². The van der Waals surface area contributed by atoms with Gasteiger partial charge in [0.2, 0.25) is 0 Å². The summed E-state index contributed by atoms with van der Waals surface area (Å²) in [5.41, 5.74) is 1.15. The zero-order valence-corrected chi connectivity index (χ0v) is 11.7. The van der Waals surface area contributed by atoms with E-state index in [1.807, 2.05) is 6.92 Å². The third kappa shape index (κ3) is 4.63. The van der Waals surface area contributed by atoms with E-state index in [4.69, 9.17) is 11.6 Å². The molecule has 1 aromatic heterocycles. The first-order chi connectivity index (χ1) is 8.40. The molecule has 0 saturated heterocycles. The molecule has 0 radical (unpaired) electrons. The van der Waals surface area contributed by atoms with E-state index in [0.29, 0.717) is 29.4 Å². The lowest BCUT2D eigenvalue weighted by Gasteiger charge is -2.14. The fourth-order valence-electron chi connectivity index (χ4n) is 1.80. The van der Waals surface area contributed by atoms with Crippen LogP contribution in [0.3, 0.4) is 0 Å². The van der Waals surface area contributed by atoms with Crippen LogP contribution in [0.1, 0.15) is 36.3 Å². The molecule has 0 saturated carbocycles. The van der Waals surface area contributed by atoms with E-state index in [0.717, 1.165) is 0 Å². The van der Waals surface area contributed by atoms with E-state index < -0.39 is 0 Å². The molecule has 0 aliphatic rings. The number of hydrogen-bond acceptors (Lipinski definition) is 3. The Morgan fingerprint density at radius 1 is 1.50 bits per heavy atom. The lowest BCUT2D eigenvalue weighted by molar-refractivity contribution is 0.0938. The molecule has 5 heteroatoms. The average Bonchev–Trinajstić information content (AvgIpc) is 2.25. The van der Waals surface area contributed by atoms with Crippen LogP contribution in [-0.2, 0) is 0 Å². The fraction of sp³-hybridized carbons (Fsp3) is 0.538. The molecule has 100 valence electrons. The summed E-state index contributed by atoms with van der Waals surface area (Å²) in [7, 11) is 0. The maximum atomic E-state index is 11.9. The number of nitrogens with zero attached hydrogens (tertiary/aromatic N) is 1. The number of carbonyl (C=O) groups excluding carboxylic acids is 1. The fourth-order valence-corrected chi connectivity index (χ4v) is 1.99. The second-order valence-corrected chi connectivity index (χ2v) is 5.05. The maximum Gasteiger partial charge on any atom is 0.253 e. The van der Waals surface area contributed by atoms with Crippen molar-refractivity contribution in [2.24, 2.45) is 5.92 Å². The van der Waals surface area contributed by atoms with Crippen LogP contribution in [0.15, 0.2) is 12.1 Å². The van der Waals surface area contributed by atoms with E-state index in [-0.39, 0.29) is 17.9 Å². The topological polar surface area (TPSA) is 62.2 Å². The number of hydrogen-bond donors (Lipinski definition) is 2. The highest BCUT2D eigenvalue weighted by atomic mass is 35.5. The van der Waals surface area contributed by atoms with Gasteiger partial charge in [-0.25, -0.2) is 4.98 Å². The van der Waals surface area contributed by atoms with Crippen LogP contribution in [0.4, 0.5) is 0 Å². The van der Waals surface area contributed by atoms with Gasteiger partial charge in [0.1, 0.15) is 5.15 Å². The second-order valence-electron chi connectivity index (χ2n) is 4.67. The number of aliphatic hydroxyl groups excluding tert-OH is 1. The average molecular weight is 271 g/mol. The van der Waals surface area contributed by atoms with Gasteiger partial charge in [0.15, 0.2) is 0 Å². The summed E-state index contributed by atoms with van der Waals surface area (Å²) in [6.07, 6.45) is 0.314. The van der Waals surface area contributed by atoms with Gasteiger partial charge in [0.05, 0.1) is 17.4 Å². The van der Waals surface area contributed by atoms with Crippen LogP contribution in [0.2, 0.25) is 5.15 Å². The van der Waals surface area contributed by atoms with Crippen molar-refractivity contribution < 1.29 is 9.90 Å². The number of carbonyl (C=O) groups is 1. The van der Waals surface area contributed by atoms with Crippen molar-refractivity contribution in [1.82, 2.24) is 10.3 Å². The first kappa shape index (κ1) is 14.9. The van der Waals surface area contributed by atoms with Crippen LogP contribution >= 0.6 is 11.6 Å². The minimum absolute atomic E-state index is 0.158. The quantitative estimate of drug-likeness (QED) is 0.806. The molecule has 4 nitrogen and oxygen atoms in total. The Morgan fingerprint density at radius 3 is 2.72 bits per heavy atom. The minimum atomic E-state index is -0.351. The van der Waals surface area contributed by atoms with Crippen molar-refractivity contribution in [3.05, 3.63) is 28.5 Å². The largest absolute Gasteiger partial charge is 0.393 e. The van der Waals surface area contributed by atoms with Crippen molar-refractivity contribution in [2.45, 2.75) is 33.3 Å². The zero-order chi connectivity index (χ0) is 13.7. The minimum Gasteiger partial charge on any atom is -0.393 e. The molecular formula is C13H19ClN2O2. The van der Waals surface area contributed by atoms with Crippen LogP contribution in [-0.4, -0.2) is 28.6 Å². The SMILES string of the molecule is Cc1nc(Cl)ccc1C(=O)NCC(C)CC(C)O. The number of aromatic nitrogens is 1. The number of nitrogens with one attached hydrogen (secondary N) is 1. The van der Waals surface area contributed by atoms with Crippen molar-refractivity contribution in [3.8, 4) is 0 Å². The highest BCUT2D eigenvalue weighted by molar-refractivity contribution is 6.29. The molecule has 1 aromatic rings. The van der Waals surface area contributed by atoms with Crippen LogP contribution in [0.5, 0.6) is 0 Å².